The van der Waals surface area contributed by atoms with E-state index in [9.17, 15) is 8.42 Å². The van der Waals surface area contributed by atoms with Crippen molar-refractivity contribution < 1.29 is 13.2 Å². The molecule has 2 N–H and O–H groups in total. The van der Waals surface area contributed by atoms with Gasteiger partial charge >= 0.3 is 0 Å². The highest BCUT2D eigenvalue weighted by molar-refractivity contribution is 7.91. The molecule has 0 aromatic heterocycles. The minimum absolute atomic E-state index is 0.145. The molecule has 0 fully saturated rings. The van der Waals surface area contributed by atoms with Crippen molar-refractivity contribution in [3.63, 3.8) is 0 Å². The number of nitrogens with two attached hydrogens (primary N) is 1. The van der Waals surface area contributed by atoms with Crippen LogP contribution in [0.25, 0.3) is 0 Å². The Labute approximate surface area is 101 Å². The van der Waals surface area contributed by atoms with Crippen LogP contribution in [0.15, 0.2) is 23.1 Å². The van der Waals surface area contributed by atoms with Gasteiger partial charge < -0.3 is 15.4 Å². The van der Waals surface area contributed by atoms with Gasteiger partial charge in [0.25, 0.3) is 0 Å². The quantitative estimate of drug-likeness (QED) is 0.839. The number of rotatable bonds is 3. The number of nitrogens with zero attached hydrogens (tertiary/aromatic N) is 1. The fraction of sp³-hybridized carbons (Fsp3) is 0.455. The van der Waals surface area contributed by atoms with Crippen LogP contribution in [0.1, 0.15) is 0 Å². The minimum atomic E-state index is -3.16. The normalized spacial score (nSPS) is 17.6. The molecular weight excluding hydrogens is 240 g/mol. The van der Waals surface area contributed by atoms with E-state index < -0.39 is 9.84 Å². The Balaban J connectivity index is 2.52. The second-order valence-corrected chi connectivity index (χ2v) is 6.01. The van der Waals surface area contributed by atoms with Crippen molar-refractivity contribution >= 4 is 15.5 Å². The largest absolute Gasteiger partial charge is 0.497 e. The molecule has 1 aromatic rings. The lowest BCUT2D eigenvalue weighted by Crippen LogP contribution is -2.38. The number of sulfone groups is 1. The van der Waals surface area contributed by atoms with Crippen LogP contribution in [-0.4, -0.2) is 40.9 Å². The fourth-order valence-corrected chi connectivity index (χ4v) is 3.45. The molecule has 0 saturated heterocycles. The third-order valence-electron chi connectivity index (χ3n) is 2.87. The lowest BCUT2D eigenvalue weighted by molar-refractivity contribution is 0.414. The van der Waals surface area contributed by atoms with Crippen molar-refractivity contribution in [2.45, 2.75) is 4.90 Å². The van der Waals surface area contributed by atoms with Gasteiger partial charge in [0.15, 0.2) is 9.84 Å². The van der Waals surface area contributed by atoms with Crippen LogP contribution in [0.3, 0.4) is 0 Å². The molecule has 0 spiro atoms. The Hall–Kier alpha value is -1.27. The number of anilines is 1. The summed E-state index contributed by atoms with van der Waals surface area (Å²) in [5.74, 6) is 0.801. The van der Waals surface area contributed by atoms with E-state index in [2.05, 4.69) is 0 Å². The number of hydrogen-bond acceptors (Lipinski definition) is 5. The van der Waals surface area contributed by atoms with Gasteiger partial charge in [-0.15, -0.1) is 0 Å². The summed E-state index contributed by atoms with van der Waals surface area (Å²) < 4.78 is 29.0. The fourth-order valence-electron chi connectivity index (χ4n) is 1.98. The molecular formula is C11H16N2O3S. The molecule has 1 heterocycles. The van der Waals surface area contributed by atoms with Crippen LogP contribution in [-0.2, 0) is 9.84 Å². The Morgan fingerprint density at radius 3 is 2.88 bits per heavy atom. The highest BCUT2D eigenvalue weighted by Gasteiger charge is 2.28. The molecule has 0 bridgehead atoms. The molecule has 0 atom stereocenters. The minimum Gasteiger partial charge on any atom is -0.497 e. The third kappa shape index (κ3) is 2.23. The van der Waals surface area contributed by atoms with E-state index in [0.717, 1.165) is 0 Å². The molecule has 5 nitrogen and oxygen atoms in total. The van der Waals surface area contributed by atoms with Gasteiger partial charge in [0.1, 0.15) is 5.75 Å². The first-order valence-corrected chi connectivity index (χ1v) is 7.09. The topological polar surface area (TPSA) is 72.6 Å². The standard InChI is InChI=1S/C11H16N2O3S/c1-16-9-2-3-11-10(8-9)13(5-4-12)6-7-17(11,14)15/h2-3,8H,4-7,12H2,1H3. The van der Waals surface area contributed by atoms with Crippen molar-refractivity contribution in [3.05, 3.63) is 18.2 Å². The predicted molar refractivity (Wildman–Crippen MR) is 66.3 cm³/mol. The lowest BCUT2D eigenvalue weighted by atomic mass is 10.2. The van der Waals surface area contributed by atoms with Crippen LogP contribution < -0.4 is 15.4 Å². The van der Waals surface area contributed by atoms with Gasteiger partial charge in [0, 0.05) is 25.7 Å². The zero-order valence-corrected chi connectivity index (χ0v) is 10.5. The Morgan fingerprint density at radius 2 is 2.24 bits per heavy atom. The number of hydrogen-bond donors (Lipinski definition) is 1. The first kappa shape index (κ1) is 12.2. The molecule has 0 amide bonds. The molecule has 6 heteroatoms. The first-order chi connectivity index (χ1) is 8.08. The molecule has 94 valence electrons. The van der Waals surface area contributed by atoms with E-state index in [1.807, 2.05) is 4.90 Å². The summed E-state index contributed by atoms with van der Waals surface area (Å²) in [6.07, 6.45) is 0. The Kier molecular flexibility index (Phi) is 3.26. The van der Waals surface area contributed by atoms with Crippen LogP contribution in [0.5, 0.6) is 5.75 Å². The van der Waals surface area contributed by atoms with Crippen LogP contribution in [0.4, 0.5) is 5.69 Å². The Bertz CT molecular complexity index is 513. The Morgan fingerprint density at radius 1 is 1.47 bits per heavy atom. The van der Waals surface area contributed by atoms with Crippen molar-refractivity contribution in [1.82, 2.24) is 0 Å². The molecule has 0 unspecified atom stereocenters. The first-order valence-electron chi connectivity index (χ1n) is 5.44. The summed E-state index contributed by atoms with van der Waals surface area (Å²) in [5, 5.41) is 0. The summed E-state index contributed by atoms with van der Waals surface area (Å²) >= 11 is 0. The average molecular weight is 256 g/mol. The van der Waals surface area contributed by atoms with Gasteiger partial charge in [-0.2, -0.15) is 0 Å². The van der Waals surface area contributed by atoms with Gasteiger partial charge in [-0.1, -0.05) is 0 Å². The molecule has 1 aromatic carbocycles. The van der Waals surface area contributed by atoms with Gasteiger partial charge in [0.05, 0.1) is 23.4 Å². The van der Waals surface area contributed by atoms with E-state index >= 15 is 0 Å². The average Bonchev–Trinajstić information content (AvgIpc) is 2.32. The number of ether oxygens (including phenoxy) is 1. The van der Waals surface area contributed by atoms with Gasteiger partial charge in [-0.25, -0.2) is 8.42 Å². The predicted octanol–water partition coefficient (Wildman–Crippen LogP) is 0.248. The SMILES string of the molecule is COc1ccc2c(c1)N(CCN)CCS2(=O)=O. The smallest absolute Gasteiger partial charge is 0.182 e. The molecule has 1 aliphatic heterocycles. The second kappa shape index (κ2) is 4.54. The van der Waals surface area contributed by atoms with E-state index in [4.69, 9.17) is 10.5 Å². The van der Waals surface area contributed by atoms with Gasteiger partial charge in [-0.05, 0) is 12.1 Å². The third-order valence-corrected chi connectivity index (χ3v) is 4.61. The van der Waals surface area contributed by atoms with E-state index in [1.54, 1.807) is 25.3 Å². The second-order valence-electron chi connectivity index (χ2n) is 3.93. The highest BCUT2D eigenvalue weighted by atomic mass is 32.2. The molecule has 17 heavy (non-hydrogen) atoms. The van der Waals surface area contributed by atoms with Crippen LogP contribution >= 0.6 is 0 Å². The van der Waals surface area contributed by atoms with Crippen LogP contribution in [0, 0.1) is 0 Å². The van der Waals surface area contributed by atoms with Crippen molar-refractivity contribution in [2.24, 2.45) is 5.73 Å². The summed E-state index contributed by atoms with van der Waals surface area (Å²) in [7, 11) is -1.59. The summed E-state index contributed by atoms with van der Waals surface area (Å²) in [6.45, 7) is 1.63. The molecule has 0 saturated carbocycles. The summed E-state index contributed by atoms with van der Waals surface area (Å²) in [6, 6.07) is 5.02. The van der Waals surface area contributed by atoms with Gasteiger partial charge in [-0.3, -0.25) is 0 Å². The number of methoxy groups -OCH3 is 1. The highest BCUT2D eigenvalue weighted by Crippen LogP contribution is 2.33. The van der Waals surface area contributed by atoms with E-state index in [0.29, 0.717) is 36.0 Å². The zero-order valence-electron chi connectivity index (χ0n) is 9.72. The molecule has 0 aliphatic carbocycles. The lowest BCUT2D eigenvalue weighted by Gasteiger charge is -2.30. The van der Waals surface area contributed by atoms with Crippen molar-refractivity contribution in [2.75, 3.05) is 37.4 Å². The van der Waals surface area contributed by atoms with E-state index in [1.165, 1.54) is 0 Å². The van der Waals surface area contributed by atoms with Gasteiger partial charge in [0.2, 0.25) is 0 Å². The maximum Gasteiger partial charge on any atom is 0.182 e. The number of fused-ring (bicyclic) bond motifs is 1. The molecule has 0 radical (unpaired) electrons. The van der Waals surface area contributed by atoms with E-state index in [-0.39, 0.29) is 5.75 Å². The van der Waals surface area contributed by atoms with Crippen molar-refractivity contribution in [3.8, 4) is 5.75 Å². The van der Waals surface area contributed by atoms with Crippen molar-refractivity contribution in [1.29, 1.82) is 0 Å². The summed E-state index contributed by atoms with van der Waals surface area (Å²) in [4.78, 5) is 2.36. The zero-order chi connectivity index (χ0) is 12.5. The maximum atomic E-state index is 11.9. The maximum absolute atomic E-state index is 11.9. The number of benzene rings is 1. The monoisotopic (exact) mass is 256 g/mol. The van der Waals surface area contributed by atoms with Crippen LogP contribution in [0.2, 0.25) is 0 Å². The molecule has 2 rings (SSSR count). The summed E-state index contributed by atoms with van der Waals surface area (Å²) in [5.41, 5.74) is 6.23. The molecule has 1 aliphatic rings.